The van der Waals surface area contributed by atoms with Gasteiger partial charge in [0, 0.05) is 18.6 Å². The molecule has 0 heterocycles. The van der Waals surface area contributed by atoms with E-state index >= 15 is 0 Å². The fourth-order valence-electron chi connectivity index (χ4n) is 3.61. The van der Waals surface area contributed by atoms with Crippen molar-refractivity contribution in [3.8, 4) is 0 Å². The monoisotopic (exact) mass is 507 g/mol. The highest BCUT2D eigenvalue weighted by molar-refractivity contribution is 7.92. The number of sulfonamides is 1. The molecule has 9 heteroatoms. The van der Waals surface area contributed by atoms with Crippen molar-refractivity contribution < 1.29 is 18.0 Å². The van der Waals surface area contributed by atoms with E-state index in [1.165, 1.54) is 11.9 Å². The van der Waals surface area contributed by atoms with Crippen molar-refractivity contribution in [1.82, 2.24) is 10.2 Å². The molecule has 34 heavy (non-hydrogen) atoms. The molecule has 2 amide bonds. The highest BCUT2D eigenvalue weighted by atomic mass is 35.5. The van der Waals surface area contributed by atoms with Crippen LogP contribution in [0, 0.1) is 0 Å². The van der Waals surface area contributed by atoms with Crippen molar-refractivity contribution in [3.05, 3.63) is 64.7 Å². The average molecular weight is 508 g/mol. The Morgan fingerprint density at radius 1 is 1.03 bits per heavy atom. The summed E-state index contributed by atoms with van der Waals surface area (Å²) in [6.07, 6.45) is 1.44. The third-order valence-corrected chi connectivity index (χ3v) is 6.99. The third kappa shape index (κ3) is 7.21. The number of carbonyl (C=O) groups excluding carboxylic acids is 2. The van der Waals surface area contributed by atoms with Gasteiger partial charge < -0.3 is 10.2 Å². The maximum atomic E-state index is 13.5. The van der Waals surface area contributed by atoms with Gasteiger partial charge in [-0.2, -0.15) is 0 Å². The molecule has 1 N–H and O–H groups in total. The molecule has 0 spiro atoms. The summed E-state index contributed by atoms with van der Waals surface area (Å²) in [6.45, 7) is 7.73. The maximum absolute atomic E-state index is 13.5. The normalized spacial score (nSPS) is 12.7. The Balaban J connectivity index is 2.42. The van der Waals surface area contributed by atoms with Gasteiger partial charge in [-0.3, -0.25) is 13.9 Å². The highest BCUT2D eigenvalue weighted by Gasteiger charge is 2.31. The number of likely N-dealkylation sites (N-methyl/N-ethyl adjacent to an activating group) is 1. The van der Waals surface area contributed by atoms with Crippen LogP contribution < -0.4 is 9.62 Å². The minimum absolute atomic E-state index is 0.0957. The van der Waals surface area contributed by atoms with Crippen molar-refractivity contribution in [2.45, 2.75) is 52.1 Å². The Labute approximate surface area is 208 Å². The molecule has 0 aromatic heterocycles. The molecule has 2 aromatic rings. The van der Waals surface area contributed by atoms with Crippen LogP contribution in [-0.4, -0.2) is 51.0 Å². The minimum Gasteiger partial charge on any atom is -0.357 e. The number of hydrogen-bond donors (Lipinski definition) is 1. The first-order chi connectivity index (χ1) is 15.8. The number of rotatable bonds is 9. The van der Waals surface area contributed by atoms with Gasteiger partial charge in [-0.15, -0.1) is 0 Å². The first-order valence-corrected chi connectivity index (χ1v) is 13.3. The molecule has 7 nitrogen and oxygen atoms in total. The summed E-state index contributed by atoms with van der Waals surface area (Å²) < 4.78 is 26.4. The van der Waals surface area contributed by atoms with E-state index in [1.807, 2.05) is 19.1 Å². The molecule has 0 bridgehead atoms. The predicted molar refractivity (Wildman–Crippen MR) is 137 cm³/mol. The molecule has 2 rings (SSSR count). The van der Waals surface area contributed by atoms with Gasteiger partial charge in [0.1, 0.15) is 12.6 Å². The van der Waals surface area contributed by atoms with Crippen LogP contribution in [0.2, 0.25) is 5.02 Å². The van der Waals surface area contributed by atoms with E-state index in [9.17, 15) is 18.0 Å². The topological polar surface area (TPSA) is 86.8 Å². The molecule has 2 aromatic carbocycles. The molecule has 0 aliphatic rings. The molecule has 0 aliphatic heterocycles. The van der Waals surface area contributed by atoms with Gasteiger partial charge in [0.15, 0.2) is 0 Å². The first-order valence-electron chi connectivity index (χ1n) is 11.1. The number of carbonyl (C=O) groups is 2. The summed E-state index contributed by atoms with van der Waals surface area (Å²) in [5, 5.41) is 3.15. The Kier molecular flexibility index (Phi) is 9.14. The Morgan fingerprint density at radius 2 is 1.59 bits per heavy atom. The number of halogens is 1. The van der Waals surface area contributed by atoms with Gasteiger partial charge in [0.2, 0.25) is 21.8 Å². The molecule has 0 saturated carbocycles. The van der Waals surface area contributed by atoms with Crippen molar-refractivity contribution in [2.24, 2.45) is 0 Å². The zero-order valence-corrected chi connectivity index (χ0v) is 22.2. The number of anilines is 1. The van der Waals surface area contributed by atoms with Gasteiger partial charge in [-0.1, -0.05) is 63.6 Å². The molecule has 0 saturated heterocycles. The van der Waals surface area contributed by atoms with Gasteiger partial charge in [-0.25, -0.2) is 8.42 Å². The lowest BCUT2D eigenvalue weighted by molar-refractivity contribution is -0.140. The van der Waals surface area contributed by atoms with Crippen molar-refractivity contribution >= 4 is 39.1 Å². The van der Waals surface area contributed by atoms with E-state index in [0.717, 1.165) is 21.7 Å². The molecule has 1 atom stereocenters. The summed E-state index contributed by atoms with van der Waals surface area (Å²) in [5.74, 6) is -0.791. The van der Waals surface area contributed by atoms with Crippen LogP contribution in [0.25, 0.3) is 0 Å². The number of nitrogens with zero attached hydrogens (tertiary/aromatic N) is 2. The van der Waals surface area contributed by atoms with E-state index in [1.54, 1.807) is 36.4 Å². The molecular formula is C25H34ClN3O4S. The SMILES string of the molecule is CCC(C(=O)NC)N(Cc1ccc(Cl)cc1)C(=O)CN(c1ccc(C(C)(C)C)cc1)S(C)(=O)=O. The summed E-state index contributed by atoms with van der Waals surface area (Å²) in [6, 6.07) is 13.4. The fourth-order valence-corrected chi connectivity index (χ4v) is 4.59. The second-order valence-corrected chi connectivity index (χ2v) is 11.6. The molecule has 1 unspecified atom stereocenters. The van der Waals surface area contributed by atoms with E-state index in [4.69, 9.17) is 11.6 Å². The lowest BCUT2D eigenvalue weighted by Gasteiger charge is -2.32. The zero-order chi connectivity index (χ0) is 25.7. The third-order valence-electron chi connectivity index (χ3n) is 5.60. The second kappa shape index (κ2) is 11.2. The van der Waals surface area contributed by atoms with Crippen LogP contribution in [0.4, 0.5) is 5.69 Å². The van der Waals surface area contributed by atoms with Crippen molar-refractivity contribution in [2.75, 3.05) is 24.2 Å². The molecule has 186 valence electrons. The quantitative estimate of drug-likeness (QED) is 0.556. The Morgan fingerprint density at radius 3 is 2.03 bits per heavy atom. The van der Waals surface area contributed by atoms with Gasteiger partial charge in [0.05, 0.1) is 11.9 Å². The zero-order valence-electron chi connectivity index (χ0n) is 20.6. The van der Waals surface area contributed by atoms with Crippen LogP contribution in [0.5, 0.6) is 0 Å². The lowest BCUT2D eigenvalue weighted by Crippen LogP contribution is -2.51. The number of hydrogen-bond acceptors (Lipinski definition) is 4. The van der Waals surface area contributed by atoms with Gasteiger partial charge in [-0.05, 0) is 47.2 Å². The molecule has 0 aliphatic carbocycles. The van der Waals surface area contributed by atoms with E-state index in [-0.39, 0.29) is 17.9 Å². The maximum Gasteiger partial charge on any atom is 0.244 e. The standard InChI is InChI=1S/C25H34ClN3O4S/c1-7-22(24(31)27-5)28(16-18-8-12-20(26)13-9-18)23(30)17-29(34(6,32)33)21-14-10-19(11-15-21)25(2,3)4/h8-15,22H,7,16-17H2,1-6H3,(H,27,31). The fraction of sp³-hybridized carbons (Fsp3) is 0.440. The number of amides is 2. The summed E-state index contributed by atoms with van der Waals surface area (Å²) in [5.41, 5.74) is 2.12. The molecular weight excluding hydrogens is 474 g/mol. The predicted octanol–water partition coefficient (Wildman–Crippen LogP) is 3.96. The number of benzene rings is 2. The smallest absolute Gasteiger partial charge is 0.244 e. The summed E-state index contributed by atoms with van der Waals surface area (Å²) >= 11 is 5.98. The number of nitrogens with one attached hydrogen (secondary N) is 1. The van der Waals surface area contributed by atoms with Crippen LogP contribution in [0.1, 0.15) is 45.2 Å². The Hall–Kier alpha value is -2.58. The summed E-state index contributed by atoms with van der Waals surface area (Å²) in [7, 11) is -2.25. The van der Waals surface area contributed by atoms with Crippen LogP contribution in [-0.2, 0) is 31.6 Å². The van der Waals surface area contributed by atoms with Crippen LogP contribution in [0.15, 0.2) is 48.5 Å². The molecule has 0 radical (unpaired) electrons. The van der Waals surface area contributed by atoms with Crippen LogP contribution >= 0.6 is 11.6 Å². The summed E-state index contributed by atoms with van der Waals surface area (Å²) in [4.78, 5) is 27.5. The molecule has 0 fully saturated rings. The lowest BCUT2D eigenvalue weighted by atomic mass is 9.87. The van der Waals surface area contributed by atoms with E-state index in [0.29, 0.717) is 17.1 Å². The van der Waals surface area contributed by atoms with Crippen LogP contribution in [0.3, 0.4) is 0 Å². The Bertz CT molecular complexity index is 1090. The largest absolute Gasteiger partial charge is 0.357 e. The van der Waals surface area contributed by atoms with E-state index < -0.39 is 28.5 Å². The van der Waals surface area contributed by atoms with Crippen molar-refractivity contribution in [1.29, 1.82) is 0 Å². The average Bonchev–Trinajstić information content (AvgIpc) is 2.77. The highest BCUT2D eigenvalue weighted by Crippen LogP contribution is 2.26. The first kappa shape index (κ1) is 27.7. The van der Waals surface area contributed by atoms with Gasteiger partial charge >= 0.3 is 0 Å². The van der Waals surface area contributed by atoms with Gasteiger partial charge in [0.25, 0.3) is 0 Å². The minimum atomic E-state index is -3.76. The van der Waals surface area contributed by atoms with E-state index in [2.05, 4.69) is 26.1 Å². The van der Waals surface area contributed by atoms with Crippen molar-refractivity contribution in [3.63, 3.8) is 0 Å². The second-order valence-electron chi connectivity index (χ2n) is 9.25.